The maximum atomic E-state index is 11.3. The first-order valence-corrected chi connectivity index (χ1v) is 8.63. The molecule has 0 heterocycles. The van der Waals surface area contributed by atoms with Crippen molar-refractivity contribution in [2.75, 3.05) is 6.54 Å². The largest absolute Gasteiger partial charge is 0.794 e. The molecule has 6 nitrogen and oxygen atoms in total. The minimum atomic E-state index is -2.55. The molecule has 2 N–H and O–H groups in total. The molecule has 1 rings (SSSR count). The van der Waals surface area contributed by atoms with Crippen LogP contribution in [0.4, 0.5) is 0 Å². The highest BCUT2D eigenvalue weighted by atomic mass is 31.2. The predicted octanol–water partition coefficient (Wildman–Crippen LogP) is -0.152. The molecule has 1 aromatic carbocycles. The fourth-order valence-electron chi connectivity index (χ4n) is 2.43. The van der Waals surface area contributed by atoms with Gasteiger partial charge in [0.15, 0.2) is 0 Å². The Morgan fingerprint density at radius 3 is 1.87 bits per heavy atom. The van der Waals surface area contributed by atoms with Crippen LogP contribution in [0.1, 0.15) is 34.1 Å². The van der Waals surface area contributed by atoms with Gasteiger partial charge in [0.2, 0.25) is 0 Å². The van der Waals surface area contributed by atoms with Crippen molar-refractivity contribution >= 4 is 21.1 Å². The van der Waals surface area contributed by atoms with Crippen molar-refractivity contribution in [3.05, 3.63) is 30.3 Å². The van der Waals surface area contributed by atoms with Gasteiger partial charge in [0.1, 0.15) is 0 Å². The van der Waals surface area contributed by atoms with E-state index in [0.29, 0.717) is 12.0 Å². The molecule has 0 unspecified atom stereocenters. The van der Waals surface area contributed by atoms with Crippen LogP contribution < -0.4 is 15.2 Å². The third-order valence-electron chi connectivity index (χ3n) is 3.77. The smallest absolute Gasteiger partial charge is 0.488 e. The van der Waals surface area contributed by atoms with Crippen LogP contribution in [0.15, 0.2) is 30.3 Å². The molecule has 0 aliphatic heterocycles. The molecule has 23 heavy (non-hydrogen) atoms. The number of nitriles is 1. The van der Waals surface area contributed by atoms with Crippen LogP contribution in [0.2, 0.25) is 0 Å². The summed E-state index contributed by atoms with van der Waals surface area (Å²) < 4.78 is 0.00287. The summed E-state index contributed by atoms with van der Waals surface area (Å²) in [6.07, 6.45) is 0.277. The summed E-state index contributed by atoms with van der Waals surface area (Å²) in [5.74, 6) is 0. The van der Waals surface area contributed by atoms with Gasteiger partial charge < -0.3 is 24.1 Å². The zero-order chi connectivity index (χ0) is 18.0. The van der Waals surface area contributed by atoms with Gasteiger partial charge in [-0.1, -0.05) is 38.9 Å². The van der Waals surface area contributed by atoms with Gasteiger partial charge >= 0.3 is 7.12 Å². The fraction of sp³-hybridized carbons (Fsp3) is 0.533. The molecule has 0 fully saturated rings. The Balaban J connectivity index is 0.000000459. The summed E-state index contributed by atoms with van der Waals surface area (Å²) in [5, 5.41) is 25.7. The van der Waals surface area contributed by atoms with Crippen LogP contribution in [-0.2, 0) is 0 Å². The second kappa shape index (κ2) is 10.7. The zero-order valence-electron chi connectivity index (χ0n) is 14.1. The lowest BCUT2D eigenvalue weighted by Crippen LogP contribution is -2.58. The molecular formula is C15H25BN2O4P-. The van der Waals surface area contributed by atoms with Crippen molar-refractivity contribution < 1.29 is 24.1 Å². The first-order chi connectivity index (χ1) is 10.7. The van der Waals surface area contributed by atoms with Gasteiger partial charge in [-0.05, 0) is 33.2 Å². The predicted molar refractivity (Wildman–Crippen MR) is 88.8 cm³/mol. The SMILES string of the molecule is CC(C)[N+](CCC#N)(C(C)C)P([O-])[O-].OB(O)c1ccccc1. The molecule has 0 saturated heterocycles. The summed E-state index contributed by atoms with van der Waals surface area (Å²) in [7, 11) is -3.89. The quantitative estimate of drug-likeness (QED) is 0.553. The van der Waals surface area contributed by atoms with Gasteiger partial charge in [0.25, 0.3) is 0 Å². The molecule has 128 valence electrons. The average molecular weight is 339 g/mol. The molecular weight excluding hydrogens is 314 g/mol. The number of nitrogens with zero attached hydrogens (tertiary/aromatic N) is 2. The van der Waals surface area contributed by atoms with Crippen molar-refractivity contribution in [3.63, 3.8) is 0 Å². The van der Waals surface area contributed by atoms with E-state index in [1.165, 1.54) is 0 Å². The number of hydrogen-bond acceptors (Lipinski definition) is 5. The van der Waals surface area contributed by atoms with E-state index in [2.05, 4.69) is 0 Å². The van der Waals surface area contributed by atoms with Crippen LogP contribution >= 0.6 is 8.53 Å². The van der Waals surface area contributed by atoms with E-state index in [4.69, 9.17) is 15.3 Å². The average Bonchev–Trinajstić information content (AvgIpc) is 2.48. The van der Waals surface area contributed by atoms with Gasteiger partial charge in [-0.15, -0.1) is 0 Å². The van der Waals surface area contributed by atoms with Crippen LogP contribution in [0.25, 0.3) is 0 Å². The van der Waals surface area contributed by atoms with E-state index >= 15 is 0 Å². The number of hydrogen-bond donors (Lipinski definition) is 2. The van der Waals surface area contributed by atoms with E-state index in [1.54, 1.807) is 24.3 Å². The van der Waals surface area contributed by atoms with Crippen LogP contribution in [0.5, 0.6) is 0 Å². The highest BCUT2D eigenvalue weighted by Crippen LogP contribution is 2.39. The Hall–Kier alpha value is -0.995. The summed E-state index contributed by atoms with van der Waals surface area (Å²) in [6.45, 7) is 7.89. The van der Waals surface area contributed by atoms with Crippen molar-refractivity contribution in [2.24, 2.45) is 0 Å². The molecule has 0 bridgehead atoms. The monoisotopic (exact) mass is 339 g/mol. The normalized spacial score (nSPS) is 11.2. The van der Waals surface area contributed by atoms with Gasteiger partial charge in [-0.3, -0.25) is 0 Å². The fourth-order valence-corrected chi connectivity index (χ4v) is 3.44. The second-order valence-electron chi connectivity index (χ2n) is 5.73. The molecule has 0 aliphatic carbocycles. The Bertz CT molecular complexity index is 456. The molecule has 0 saturated carbocycles. The molecule has 0 atom stereocenters. The number of quaternary nitrogens is 1. The standard InChI is InChI=1S/C9H18N2O2P.C6H7BO2/c1-8(2)11(9(3)4,14(12)13)7-5-6-10;8-7(9)6-4-2-1-3-5-6/h8-9H,5,7H2,1-4H3;1-5,8-9H/q-1;. The van der Waals surface area contributed by atoms with E-state index < -0.39 is 15.6 Å². The molecule has 0 amide bonds. The number of benzene rings is 1. The molecule has 0 aliphatic rings. The topological polar surface area (TPSA) is 110 Å². The zero-order valence-corrected chi connectivity index (χ0v) is 15.0. The Morgan fingerprint density at radius 1 is 1.13 bits per heavy atom. The van der Waals surface area contributed by atoms with Gasteiger partial charge in [0.05, 0.1) is 31.1 Å². The summed E-state index contributed by atoms with van der Waals surface area (Å²) in [4.78, 5) is 22.6. The first-order valence-electron chi connectivity index (χ1n) is 7.50. The van der Waals surface area contributed by atoms with Crippen molar-refractivity contribution in [1.82, 2.24) is 0 Å². The Kier molecular flexibility index (Phi) is 10.3. The summed E-state index contributed by atoms with van der Waals surface area (Å²) >= 11 is 0. The minimum Gasteiger partial charge on any atom is -0.794 e. The van der Waals surface area contributed by atoms with E-state index in [9.17, 15) is 9.79 Å². The van der Waals surface area contributed by atoms with E-state index in [-0.39, 0.29) is 22.8 Å². The molecule has 1 aromatic rings. The summed E-state index contributed by atoms with van der Waals surface area (Å²) in [6, 6.07) is 10.6. The van der Waals surface area contributed by atoms with Crippen LogP contribution in [0.3, 0.4) is 0 Å². The van der Waals surface area contributed by atoms with Crippen LogP contribution in [0, 0.1) is 11.3 Å². The molecule has 0 aromatic heterocycles. The summed E-state index contributed by atoms with van der Waals surface area (Å²) in [5.41, 5.74) is 0.525. The van der Waals surface area contributed by atoms with Gasteiger partial charge in [0, 0.05) is 0 Å². The molecule has 8 heteroatoms. The van der Waals surface area contributed by atoms with E-state index in [0.717, 1.165) is 0 Å². The van der Waals surface area contributed by atoms with Crippen molar-refractivity contribution in [2.45, 2.75) is 46.2 Å². The number of rotatable bonds is 6. The Labute approximate surface area is 140 Å². The molecule has 0 radical (unpaired) electrons. The molecule has 0 spiro atoms. The van der Waals surface area contributed by atoms with Gasteiger partial charge in [-0.25, -0.2) is 0 Å². The third kappa shape index (κ3) is 6.56. The van der Waals surface area contributed by atoms with Crippen molar-refractivity contribution in [1.29, 1.82) is 5.26 Å². The second-order valence-corrected chi connectivity index (χ2v) is 6.95. The van der Waals surface area contributed by atoms with E-state index in [1.807, 2.05) is 39.8 Å². The van der Waals surface area contributed by atoms with Crippen molar-refractivity contribution in [3.8, 4) is 6.07 Å². The highest BCUT2D eigenvalue weighted by molar-refractivity contribution is 7.35. The maximum Gasteiger partial charge on any atom is 0.488 e. The maximum absolute atomic E-state index is 11.3. The highest BCUT2D eigenvalue weighted by Gasteiger charge is 2.32. The lowest BCUT2D eigenvalue weighted by molar-refractivity contribution is -0.882. The van der Waals surface area contributed by atoms with Crippen LogP contribution in [-0.4, -0.2) is 40.0 Å². The Morgan fingerprint density at radius 2 is 1.61 bits per heavy atom. The minimum absolute atomic E-state index is 0.00287. The third-order valence-corrected chi connectivity index (χ3v) is 5.50. The first kappa shape index (κ1) is 22.0. The van der Waals surface area contributed by atoms with Gasteiger partial charge in [-0.2, -0.15) is 5.26 Å². The lowest BCUT2D eigenvalue weighted by atomic mass is 9.81. The lowest BCUT2D eigenvalue weighted by Gasteiger charge is -2.57.